The van der Waals surface area contributed by atoms with Crippen LogP contribution in [0.3, 0.4) is 0 Å². The second-order valence-corrected chi connectivity index (χ2v) is 3.82. The van der Waals surface area contributed by atoms with Gasteiger partial charge in [-0.1, -0.05) is 26.7 Å². The van der Waals surface area contributed by atoms with Gasteiger partial charge in [0.25, 0.3) is 0 Å². The molecule has 1 nitrogen and oxygen atoms in total. The smallest absolute Gasteiger partial charge is 0.0543 e. The Morgan fingerprint density at radius 2 is 2.00 bits per heavy atom. The zero-order valence-corrected chi connectivity index (χ0v) is 7.01. The molecule has 1 rings (SSSR count). The van der Waals surface area contributed by atoms with Crippen LogP contribution in [-0.4, -0.2) is 11.2 Å². The molecule has 1 aliphatic rings. The van der Waals surface area contributed by atoms with Crippen molar-refractivity contribution in [3.05, 3.63) is 0 Å². The van der Waals surface area contributed by atoms with Crippen molar-refractivity contribution in [3.63, 3.8) is 0 Å². The quantitative estimate of drug-likeness (QED) is 0.595. The predicted octanol–water partition coefficient (Wildman–Crippen LogP) is 2.19. The Labute approximate surface area is 63.4 Å². The van der Waals surface area contributed by atoms with Crippen LogP contribution in [0.2, 0.25) is 0 Å². The van der Waals surface area contributed by atoms with Crippen LogP contribution in [0.25, 0.3) is 0 Å². The van der Waals surface area contributed by atoms with E-state index in [1.807, 2.05) is 0 Å². The summed E-state index contributed by atoms with van der Waals surface area (Å²) < 4.78 is 0. The Morgan fingerprint density at radius 3 is 2.40 bits per heavy atom. The third-order valence-corrected chi connectivity index (χ3v) is 2.63. The lowest BCUT2D eigenvalue weighted by Gasteiger charge is -2.28. The van der Waals surface area contributed by atoms with Crippen LogP contribution in [0, 0.1) is 11.8 Å². The molecule has 0 aromatic carbocycles. The third-order valence-electron chi connectivity index (χ3n) is 2.63. The van der Waals surface area contributed by atoms with Gasteiger partial charge in [-0.05, 0) is 24.7 Å². The van der Waals surface area contributed by atoms with Gasteiger partial charge in [-0.3, -0.25) is 0 Å². The van der Waals surface area contributed by atoms with Crippen molar-refractivity contribution in [1.82, 2.24) is 0 Å². The Hall–Kier alpha value is -0.0400. The van der Waals surface area contributed by atoms with Crippen LogP contribution in [-0.2, 0) is 0 Å². The lowest BCUT2D eigenvalue weighted by molar-refractivity contribution is 0.0858. The molecule has 10 heavy (non-hydrogen) atoms. The SMILES string of the molecule is CC(C)[C@@H]1CCCC(O)C1. The monoisotopic (exact) mass is 142 g/mol. The fourth-order valence-corrected chi connectivity index (χ4v) is 1.81. The molecular formula is C9H18O. The van der Waals surface area contributed by atoms with Crippen molar-refractivity contribution in [2.24, 2.45) is 11.8 Å². The molecule has 0 aliphatic heterocycles. The van der Waals surface area contributed by atoms with Crippen molar-refractivity contribution in [2.45, 2.75) is 45.6 Å². The molecule has 1 aliphatic carbocycles. The van der Waals surface area contributed by atoms with Crippen LogP contribution in [0.4, 0.5) is 0 Å². The van der Waals surface area contributed by atoms with Gasteiger partial charge < -0.3 is 5.11 Å². The molecule has 0 aromatic rings. The van der Waals surface area contributed by atoms with E-state index in [9.17, 15) is 5.11 Å². The number of aliphatic hydroxyl groups is 1. The maximum atomic E-state index is 9.33. The lowest BCUT2D eigenvalue weighted by Crippen LogP contribution is -2.22. The fraction of sp³-hybridized carbons (Fsp3) is 1.00. The molecule has 60 valence electrons. The van der Waals surface area contributed by atoms with Gasteiger partial charge in [0.15, 0.2) is 0 Å². The van der Waals surface area contributed by atoms with Gasteiger partial charge in [-0.25, -0.2) is 0 Å². The average molecular weight is 142 g/mol. The number of hydrogen-bond acceptors (Lipinski definition) is 1. The molecule has 0 aromatic heterocycles. The van der Waals surface area contributed by atoms with Crippen molar-refractivity contribution >= 4 is 0 Å². The molecule has 1 N–H and O–H groups in total. The Bertz CT molecular complexity index is 98.9. The van der Waals surface area contributed by atoms with Gasteiger partial charge in [0.2, 0.25) is 0 Å². The summed E-state index contributed by atoms with van der Waals surface area (Å²) >= 11 is 0. The molecular weight excluding hydrogens is 124 g/mol. The maximum absolute atomic E-state index is 9.33. The zero-order valence-electron chi connectivity index (χ0n) is 7.01. The maximum Gasteiger partial charge on any atom is 0.0543 e. The molecule has 1 fully saturated rings. The van der Waals surface area contributed by atoms with Gasteiger partial charge >= 0.3 is 0 Å². The molecule has 1 unspecified atom stereocenters. The van der Waals surface area contributed by atoms with E-state index in [0.29, 0.717) is 0 Å². The van der Waals surface area contributed by atoms with E-state index in [1.165, 1.54) is 12.8 Å². The van der Waals surface area contributed by atoms with Crippen LogP contribution >= 0.6 is 0 Å². The van der Waals surface area contributed by atoms with Crippen molar-refractivity contribution in [3.8, 4) is 0 Å². The number of aliphatic hydroxyl groups excluding tert-OH is 1. The van der Waals surface area contributed by atoms with E-state index in [4.69, 9.17) is 0 Å². The first kappa shape index (κ1) is 8.06. The van der Waals surface area contributed by atoms with Crippen LogP contribution in [0.15, 0.2) is 0 Å². The fourth-order valence-electron chi connectivity index (χ4n) is 1.81. The second kappa shape index (κ2) is 3.38. The van der Waals surface area contributed by atoms with E-state index >= 15 is 0 Å². The first-order valence-electron chi connectivity index (χ1n) is 4.38. The summed E-state index contributed by atoms with van der Waals surface area (Å²) in [6.45, 7) is 4.51. The van der Waals surface area contributed by atoms with E-state index in [1.54, 1.807) is 0 Å². The molecule has 0 heterocycles. The van der Waals surface area contributed by atoms with Gasteiger partial charge in [-0.15, -0.1) is 0 Å². The van der Waals surface area contributed by atoms with Crippen LogP contribution < -0.4 is 0 Å². The summed E-state index contributed by atoms with van der Waals surface area (Å²) in [4.78, 5) is 0. The van der Waals surface area contributed by atoms with E-state index in [0.717, 1.165) is 24.7 Å². The number of hydrogen-bond donors (Lipinski definition) is 1. The Morgan fingerprint density at radius 1 is 1.30 bits per heavy atom. The van der Waals surface area contributed by atoms with Gasteiger partial charge in [0.1, 0.15) is 0 Å². The summed E-state index contributed by atoms with van der Waals surface area (Å²) in [6.07, 6.45) is 4.63. The van der Waals surface area contributed by atoms with Crippen LogP contribution in [0.1, 0.15) is 39.5 Å². The number of rotatable bonds is 1. The highest BCUT2D eigenvalue weighted by atomic mass is 16.3. The topological polar surface area (TPSA) is 20.2 Å². The molecule has 0 amide bonds. The zero-order chi connectivity index (χ0) is 7.56. The van der Waals surface area contributed by atoms with Crippen molar-refractivity contribution in [2.75, 3.05) is 0 Å². The van der Waals surface area contributed by atoms with Gasteiger partial charge in [0, 0.05) is 0 Å². The highest BCUT2D eigenvalue weighted by molar-refractivity contribution is 4.73. The molecule has 0 bridgehead atoms. The van der Waals surface area contributed by atoms with E-state index < -0.39 is 0 Å². The second-order valence-electron chi connectivity index (χ2n) is 3.82. The molecule has 1 saturated carbocycles. The van der Waals surface area contributed by atoms with Gasteiger partial charge in [0.05, 0.1) is 6.10 Å². The minimum Gasteiger partial charge on any atom is -0.393 e. The molecule has 0 spiro atoms. The molecule has 0 radical (unpaired) electrons. The lowest BCUT2D eigenvalue weighted by atomic mass is 9.80. The Kier molecular flexibility index (Phi) is 2.72. The van der Waals surface area contributed by atoms with E-state index in [-0.39, 0.29) is 6.10 Å². The molecule has 1 heteroatoms. The highest BCUT2D eigenvalue weighted by Crippen LogP contribution is 2.29. The summed E-state index contributed by atoms with van der Waals surface area (Å²) in [7, 11) is 0. The standard InChI is InChI=1S/C9H18O/c1-7(2)8-4-3-5-9(10)6-8/h7-10H,3-6H2,1-2H3/t8-,9?/m1/s1. The first-order chi connectivity index (χ1) is 4.70. The molecule has 0 saturated heterocycles. The predicted molar refractivity (Wildman–Crippen MR) is 42.8 cm³/mol. The summed E-state index contributed by atoms with van der Waals surface area (Å²) in [6, 6.07) is 0. The first-order valence-corrected chi connectivity index (χ1v) is 4.38. The van der Waals surface area contributed by atoms with Crippen molar-refractivity contribution < 1.29 is 5.11 Å². The van der Waals surface area contributed by atoms with Crippen LogP contribution in [0.5, 0.6) is 0 Å². The minimum atomic E-state index is 0.00106. The third kappa shape index (κ3) is 1.98. The van der Waals surface area contributed by atoms with Crippen molar-refractivity contribution in [1.29, 1.82) is 0 Å². The molecule has 2 atom stereocenters. The minimum absolute atomic E-state index is 0.00106. The summed E-state index contributed by atoms with van der Waals surface area (Å²) in [5.41, 5.74) is 0. The highest BCUT2D eigenvalue weighted by Gasteiger charge is 2.21. The van der Waals surface area contributed by atoms with E-state index in [2.05, 4.69) is 13.8 Å². The Balaban J connectivity index is 2.32. The summed E-state index contributed by atoms with van der Waals surface area (Å²) in [5, 5.41) is 9.33. The summed E-state index contributed by atoms with van der Waals surface area (Å²) in [5.74, 6) is 1.54. The largest absolute Gasteiger partial charge is 0.393 e. The van der Waals surface area contributed by atoms with Gasteiger partial charge in [-0.2, -0.15) is 0 Å². The average Bonchev–Trinajstić information content (AvgIpc) is 1.88. The normalized spacial score (nSPS) is 34.8.